The summed E-state index contributed by atoms with van der Waals surface area (Å²) in [6, 6.07) is 9.40. The third-order valence-corrected chi connectivity index (χ3v) is 3.28. The van der Waals surface area contributed by atoms with Gasteiger partial charge in [0.25, 0.3) is 5.91 Å². The van der Waals surface area contributed by atoms with E-state index < -0.39 is 0 Å². The van der Waals surface area contributed by atoms with Gasteiger partial charge in [-0.05, 0) is 12.1 Å². The number of nitrogens with zero attached hydrogens (tertiary/aromatic N) is 2. The zero-order chi connectivity index (χ0) is 14.8. The quantitative estimate of drug-likeness (QED) is 0.875. The number of aliphatic hydroxyl groups excluding tert-OH is 1. The van der Waals surface area contributed by atoms with Crippen LogP contribution in [0.15, 0.2) is 58.6 Å². The van der Waals surface area contributed by atoms with Gasteiger partial charge in [0.15, 0.2) is 5.76 Å². The number of benzene rings is 1. The van der Waals surface area contributed by atoms with Crippen LogP contribution < -0.4 is 10.1 Å². The van der Waals surface area contributed by atoms with Crippen molar-refractivity contribution in [2.75, 3.05) is 13.6 Å². The lowest BCUT2D eigenvalue weighted by Gasteiger charge is -2.19. The molecular weight excluding hydrogens is 270 g/mol. The van der Waals surface area contributed by atoms with Crippen LogP contribution in [-0.2, 0) is 4.79 Å². The molecule has 0 unspecified atom stereocenters. The molecule has 3 rings (SSSR count). The largest absolute Gasteiger partial charge is 0.503 e. The standard InChI is InChI=1S/C15H15N3O3/c1-18-9-11(14(19)15(18)20)12-7-17-13(8-16-12)21-10-5-3-2-4-6-10/h2-8,13,17,19H,9H2,1H3/t13-/m1/s1. The van der Waals surface area contributed by atoms with Crippen LogP contribution >= 0.6 is 0 Å². The van der Waals surface area contributed by atoms with E-state index >= 15 is 0 Å². The number of rotatable bonds is 3. The molecule has 0 saturated carbocycles. The van der Waals surface area contributed by atoms with Crippen LogP contribution in [0.1, 0.15) is 0 Å². The zero-order valence-corrected chi connectivity index (χ0v) is 11.5. The summed E-state index contributed by atoms with van der Waals surface area (Å²) in [4.78, 5) is 17.3. The highest BCUT2D eigenvalue weighted by Gasteiger charge is 2.30. The molecule has 108 valence electrons. The average Bonchev–Trinajstić information content (AvgIpc) is 2.77. The van der Waals surface area contributed by atoms with E-state index in [2.05, 4.69) is 10.3 Å². The molecule has 0 bridgehead atoms. The maximum Gasteiger partial charge on any atom is 0.289 e. The number of aliphatic hydroxyl groups is 1. The van der Waals surface area contributed by atoms with Crippen LogP contribution in [0.5, 0.6) is 5.75 Å². The van der Waals surface area contributed by atoms with Crippen molar-refractivity contribution in [2.45, 2.75) is 6.23 Å². The van der Waals surface area contributed by atoms with E-state index in [1.54, 1.807) is 19.5 Å². The molecule has 0 aliphatic carbocycles. The van der Waals surface area contributed by atoms with Crippen LogP contribution in [-0.4, -0.2) is 41.9 Å². The summed E-state index contributed by atoms with van der Waals surface area (Å²) in [5.41, 5.74) is 1.06. The van der Waals surface area contributed by atoms with Crippen molar-refractivity contribution in [3.63, 3.8) is 0 Å². The number of aliphatic imine (C=N–C) groups is 1. The van der Waals surface area contributed by atoms with Gasteiger partial charge in [0, 0.05) is 18.8 Å². The first-order chi connectivity index (χ1) is 10.1. The number of hydrogen-bond donors (Lipinski definition) is 2. The molecule has 0 saturated heterocycles. The number of hydrogen-bond acceptors (Lipinski definition) is 5. The molecule has 0 fully saturated rings. The van der Waals surface area contributed by atoms with Crippen LogP contribution in [0.25, 0.3) is 0 Å². The van der Waals surface area contributed by atoms with Gasteiger partial charge in [-0.2, -0.15) is 0 Å². The molecule has 2 aliphatic heterocycles. The maximum absolute atomic E-state index is 11.6. The smallest absolute Gasteiger partial charge is 0.289 e. The molecule has 0 radical (unpaired) electrons. The summed E-state index contributed by atoms with van der Waals surface area (Å²) >= 11 is 0. The zero-order valence-electron chi connectivity index (χ0n) is 11.5. The summed E-state index contributed by atoms with van der Waals surface area (Å²) in [5.74, 6) is 0.102. The van der Waals surface area contributed by atoms with E-state index in [1.807, 2.05) is 30.3 Å². The van der Waals surface area contributed by atoms with Crippen molar-refractivity contribution in [3.05, 3.63) is 53.6 Å². The van der Waals surface area contributed by atoms with Gasteiger partial charge in [-0.15, -0.1) is 0 Å². The molecule has 0 aromatic heterocycles. The topological polar surface area (TPSA) is 74.2 Å². The van der Waals surface area contributed by atoms with Crippen LogP contribution in [0, 0.1) is 0 Å². The Morgan fingerprint density at radius 1 is 1.38 bits per heavy atom. The lowest BCUT2D eigenvalue weighted by atomic mass is 10.2. The molecule has 6 heteroatoms. The third kappa shape index (κ3) is 2.60. The fourth-order valence-electron chi connectivity index (χ4n) is 2.16. The van der Waals surface area contributed by atoms with Crippen LogP contribution in [0.4, 0.5) is 0 Å². The van der Waals surface area contributed by atoms with Crippen molar-refractivity contribution in [3.8, 4) is 5.75 Å². The van der Waals surface area contributed by atoms with Crippen molar-refractivity contribution in [2.24, 2.45) is 4.99 Å². The lowest BCUT2D eigenvalue weighted by Crippen LogP contribution is -2.34. The molecule has 2 aliphatic rings. The van der Waals surface area contributed by atoms with E-state index in [-0.39, 0.29) is 17.9 Å². The molecule has 1 aromatic carbocycles. The van der Waals surface area contributed by atoms with Crippen molar-refractivity contribution in [1.29, 1.82) is 0 Å². The number of likely N-dealkylation sites (N-methyl/N-ethyl adjacent to an activating group) is 1. The third-order valence-electron chi connectivity index (χ3n) is 3.28. The van der Waals surface area contributed by atoms with Gasteiger partial charge in [-0.3, -0.25) is 9.79 Å². The first-order valence-corrected chi connectivity index (χ1v) is 6.55. The molecule has 2 N–H and O–H groups in total. The fourth-order valence-corrected chi connectivity index (χ4v) is 2.16. The summed E-state index contributed by atoms with van der Waals surface area (Å²) in [6.07, 6.45) is 2.87. The van der Waals surface area contributed by atoms with Gasteiger partial charge in [-0.1, -0.05) is 18.2 Å². The SMILES string of the molecule is CN1CC(C2=CN[C@H](Oc3ccccc3)C=N2)=C(O)C1=O. The number of ether oxygens (including phenoxy) is 1. The Bertz CT molecular complexity index is 649. The number of carbonyl (C=O) groups is 1. The Hall–Kier alpha value is -2.76. The van der Waals surface area contributed by atoms with Gasteiger partial charge >= 0.3 is 0 Å². The molecular formula is C15H15N3O3. The normalized spacial score (nSPS) is 21.4. The van der Waals surface area contributed by atoms with Crippen LogP contribution in [0.2, 0.25) is 0 Å². The molecule has 21 heavy (non-hydrogen) atoms. The first kappa shape index (κ1) is 13.2. The first-order valence-electron chi connectivity index (χ1n) is 6.55. The van der Waals surface area contributed by atoms with E-state index in [1.165, 1.54) is 4.90 Å². The van der Waals surface area contributed by atoms with Crippen LogP contribution in [0.3, 0.4) is 0 Å². The monoisotopic (exact) mass is 285 g/mol. The summed E-state index contributed by atoms with van der Waals surface area (Å²) in [6.45, 7) is 0.347. The van der Waals surface area contributed by atoms with E-state index in [9.17, 15) is 9.90 Å². The maximum atomic E-state index is 11.6. The second-order valence-electron chi connectivity index (χ2n) is 4.81. The van der Waals surface area contributed by atoms with Gasteiger partial charge in [0.2, 0.25) is 6.23 Å². The van der Waals surface area contributed by atoms with E-state index in [4.69, 9.17) is 4.74 Å². The minimum absolute atomic E-state index is 0.245. The minimum atomic E-state index is -0.385. The highest BCUT2D eigenvalue weighted by Crippen LogP contribution is 2.24. The number of para-hydroxylation sites is 1. The molecule has 1 amide bonds. The molecule has 1 atom stereocenters. The minimum Gasteiger partial charge on any atom is -0.503 e. The Morgan fingerprint density at radius 2 is 2.14 bits per heavy atom. The summed E-state index contributed by atoms with van der Waals surface area (Å²) in [7, 11) is 1.63. The predicted octanol–water partition coefficient (Wildman–Crippen LogP) is 1.19. The summed E-state index contributed by atoms with van der Waals surface area (Å²) in [5, 5.41) is 12.8. The second-order valence-corrected chi connectivity index (χ2v) is 4.81. The second kappa shape index (κ2) is 5.32. The average molecular weight is 285 g/mol. The number of amides is 1. The lowest BCUT2D eigenvalue weighted by molar-refractivity contribution is -0.126. The highest BCUT2D eigenvalue weighted by molar-refractivity contribution is 5.95. The predicted molar refractivity (Wildman–Crippen MR) is 77.9 cm³/mol. The highest BCUT2D eigenvalue weighted by atomic mass is 16.5. The molecule has 2 heterocycles. The molecule has 0 spiro atoms. The summed E-state index contributed by atoms with van der Waals surface area (Å²) < 4.78 is 5.67. The Balaban J connectivity index is 1.68. The van der Waals surface area contributed by atoms with E-state index in [0.29, 0.717) is 17.8 Å². The fraction of sp³-hybridized carbons (Fsp3) is 0.200. The van der Waals surface area contributed by atoms with Gasteiger partial charge in [0.05, 0.1) is 18.5 Å². The van der Waals surface area contributed by atoms with E-state index in [0.717, 1.165) is 5.75 Å². The Kier molecular flexibility index (Phi) is 3.35. The van der Waals surface area contributed by atoms with Crippen molar-refractivity contribution < 1.29 is 14.6 Å². The number of carbonyl (C=O) groups excluding carboxylic acids is 1. The van der Waals surface area contributed by atoms with Gasteiger partial charge < -0.3 is 20.1 Å². The Morgan fingerprint density at radius 3 is 2.71 bits per heavy atom. The molecule has 1 aromatic rings. The molecule has 6 nitrogen and oxygen atoms in total. The van der Waals surface area contributed by atoms with Gasteiger partial charge in [-0.25, -0.2) is 0 Å². The number of nitrogens with one attached hydrogen (secondary N) is 1. The Labute approximate surface area is 122 Å². The van der Waals surface area contributed by atoms with Crippen molar-refractivity contribution >= 4 is 12.1 Å². The van der Waals surface area contributed by atoms with Gasteiger partial charge in [0.1, 0.15) is 5.75 Å². The van der Waals surface area contributed by atoms with Crippen molar-refractivity contribution in [1.82, 2.24) is 10.2 Å².